The second-order valence-electron chi connectivity index (χ2n) is 8.86. The summed E-state index contributed by atoms with van der Waals surface area (Å²) in [7, 11) is -3.55. The predicted molar refractivity (Wildman–Crippen MR) is 150 cm³/mol. The van der Waals surface area contributed by atoms with E-state index in [0.29, 0.717) is 48.4 Å². The van der Waals surface area contributed by atoms with E-state index in [4.69, 9.17) is 27.9 Å². The highest BCUT2D eigenvalue weighted by Crippen LogP contribution is 2.32. The van der Waals surface area contributed by atoms with Crippen LogP contribution in [0.5, 0.6) is 0 Å². The normalized spacial score (nSPS) is 14.3. The summed E-state index contributed by atoms with van der Waals surface area (Å²) in [6.07, 6.45) is 1.39. The minimum Gasteiger partial charge on any atom is -0.379 e. The SMILES string of the molecule is CC(C)S(=O)(=O)c1ccccc1Nc1nc(Nc2cc(NC(=O)CN3CCOCC3)ccc2Cl)ncc1Cl. The zero-order valence-corrected chi connectivity index (χ0v) is 23.2. The van der Waals surface area contributed by atoms with Gasteiger partial charge in [0.25, 0.3) is 0 Å². The third-order valence-electron chi connectivity index (χ3n) is 5.78. The number of nitrogens with zero attached hydrogens (tertiary/aromatic N) is 3. The summed E-state index contributed by atoms with van der Waals surface area (Å²) in [4.78, 5) is 23.3. The van der Waals surface area contributed by atoms with Gasteiger partial charge in [-0.15, -0.1) is 0 Å². The van der Waals surface area contributed by atoms with E-state index < -0.39 is 15.1 Å². The van der Waals surface area contributed by atoms with Crippen molar-refractivity contribution in [2.45, 2.75) is 24.0 Å². The molecule has 1 amide bonds. The Bertz CT molecular complexity index is 1410. The molecule has 1 aliphatic heterocycles. The van der Waals surface area contributed by atoms with Crippen molar-refractivity contribution in [3.05, 3.63) is 58.7 Å². The van der Waals surface area contributed by atoms with E-state index in [0.717, 1.165) is 0 Å². The van der Waals surface area contributed by atoms with E-state index in [2.05, 4.69) is 25.9 Å². The van der Waals surface area contributed by atoms with Crippen molar-refractivity contribution in [2.75, 3.05) is 48.8 Å². The molecule has 1 fully saturated rings. The fourth-order valence-corrected chi connectivity index (χ4v) is 5.20. The number of sulfone groups is 1. The lowest BCUT2D eigenvalue weighted by atomic mass is 10.2. The van der Waals surface area contributed by atoms with Gasteiger partial charge in [-0.1, -0.05) is 35.3 Å². The molecular formula is C25H28Cl2N6O4S. The highest BCUT2D eigenvalue weighted by Gasteiger charge is 2.23. The van der Waals surface area contributed by atoms with Gasteiger partial charge in [0.15, 0.2) is 15.7 Å². The van der Waals surface area contributed by atoms with E-state index in [1.807, 2.05) is 4.90 Å². The van der Waals surface area contributed by atoms with Crippen LogP contribution in [0.3, 0.4) is 0 Å². The smallest absolute Gasteiger partial charge is 0.238 e. The number of aromatic nitrogens is 2. The van der Waals surface area contributed by atoms with Gasteiger partial charge in [-0.05, 0) is 44.2 Å². The molecule has 10 nitrogen and oxygen atoms in total. The lowest BCUT2D eigenvalue weighted by Gasteiger charge is -2.25. The minimum absolute atomic E-state index is 0.141. The van der Waals surface area contributed by atoms with Crippen LogP contribution in [0.1, 0.15) is 13.8 Å². The second-order valence-corrected chi connectivity index (χ2v) is 12.1. The Morgan fingerprint density at radius 3 is 2.53 bits per heavy atom. The molecule has 0 saturated carbocycles. The number of nitrogens with one attached hydrogen (secondary N) is 3. The number of carbonyl (C=O) groups excluding carboxylic acids is 1. The number of rotatable bonds is 9. The summed E-state index contributed by atoms with van der Waals surface area (Å²) in [5.74, 6) is 0.228. The maximum atomic E-state index is 12.8. The Kier molecular flexibility index (Phi) is 9.06. The number of hydrogen-bond donors (Lipinski definition) is 3. The first-order valence-corrected chi connectivity index (χ1v) is 14.2. The highest BCUT2D eigenvalue weighted by atomic mass is 35.5. The molecule has 13 heteroatoms. The van der Waals surface area contributed by atoms with E-state index in [-0.39, 0.29) is 34.1 Å². The largest absolute Gasteiger partial charge is 0.379 e. The summed E-state index contributed by atoms with van der Waals surface area (Å²) in [6, 6.07) is 11.6. The third-order valence-corrected chi connectivity index (χ3v) is 8.60. The van der Waals surface area contributed by atoms with Gasteiger partial charge in [-0.25, -0.2) is 13.4 Å². The van der Waals surface area contributed by atoms with Crippen LogP contribution in [0.4, 0.5) is 28.8 Å². The molecule has 2 aromatic carbocycles. The minimum atomic E-state index is -3.55. The van der Waals surface area contributed by atoms with Crippen molar-refractivity contribution < 1.29 is 17.9 Å². The Balaban J connectivity index is 1.51. The molecule has 1 aliphatic rings. The highest BCUT2D eigenvalue weighted by molar-refractivity contribution is 7.92. The van der Waals surface area contributed by atoms with Crippen LogP contribution in [-0.4, -0.2) is 67.3 Å². The first-order chi connectivity index (χ1) is 18.1. The third kappa shape index (κ3) is 6.91. The number of halogens is 2. The fourth-order valence-electron chi connectivity index (χ4n) is 3.70. The van der Waals surface area contributed by atoms with Crippen LogP contribution in [0, 0.1) is 0 Å². The molecule has 0 aliphatic carbocycles. The summed E-state index contributed by atoms with van der Waals surface area (Å²) in [5, 5.41) is 8.90. The Hall–Kier alpha value is -2.96. The zero-order chi connectivity index (χ0) is 27.3. The molecule has 38 heavy (non-hydrogen) atoms. The molecule has 4 rings (SSSR count). The number of para-hydroxylation sites is 1. The molecule has 202 valence electrons. The van der Waals surface area contributed by atoms with Crippen LogP contribution < -0.4 is 16.0 Å². The molecular weight excluding hydrogens is 551 g/mol. The molecule has 3 N–H and O–H groups in total. The van der Waals surface area contributed by atoms with Crippen LogP contribution >= 0.6 is 23.2 Å². The van der Waals surface area contributed by atoms with E-state index in [1.54, 1.807) is 50.2 Å². The Morgan fingerprint density at radius 2 is 1.79 bits per heavy atom. The van der Waals surface area contributed by atoms with Crippen molar-refractivity contribution >= 4 is 67.8 Å². The van der Waals surface area contributed by atoms with Crippen molar-refractivity contribution in [3.8, 4) is 0 Å². The Morgan fingerprint density at radius 1 is 1.05 bits per heavy atom. The monoisotopic (exact) mass is 578 g/mol. The molecule has 0 bridgehead atoms. The topological polar surface area (TPSA) is 126 Å². The number of carbonyl (C=O) groups is 1. The van der Waals surface area contributed by atoms with Gasteiger partial charge in [0.2, 0.25) is 11.9 Å². The molecule has 0 radical (unpaired) electrons. The molecule has 0 spiro atoms. The number of morpholine rings is 1. The molecule has 0 atom stereocenters. The summed E-state index contributed by atoms with van der Waals surface area (Å²) in [6.45, 7) is 6.14. The second kappa shape index (κ2) is 12.3. The summed E-state index contributed by atoms with van der Waals surface area (Å²) < 4.78 is 31.0. The van der Waals surface area contributed by atoms with Crippen molar-refractivity contribution in [1.29, 1.82) is 0 Å². The van der Waals surface area contributed by atoms with Gasteiger partial charge in [-0.2, -0.15) is 4.98 Å². The van der Waals surface area contributed by atoms with Gasteiger partial charge in [-0.3, -0.25) is 9.69 Å². The lowest BCUT2D eigenvalue weighted by molar-refractivity contribution is -0.118. The number of ether oxygens (including phenoxy) is 1. The average Bonchev–Trinajstić information content (AvgIpc) is 2.88. The van der Waals surface area contributed by atoms with Crippen molar-refractivity contribution in [3.63, 3.8) is 0 Å². The van der Waals surface area contributed by atoms with Gasteiger partial charge >= 0.3 is 0 Å². The molecule has 0 unspecified atom stereocenters. The number of hydrogen-bond acceptors (Lipinski definition) is 9. The van der Waals surface area contributed by atoms with Crippen LogP contribution in [0.15, 0.2) is 53.6 Å². The standard InChI is InChI=1S/C25H28Cl2N6O4S/c1-16(2)38(35,36)22-6-4-3-5-20(22)30-24-19(27)14-28-25(32-24)31-21-13-17(7-8-18(21)26)29-23(34)15-33-9-11-37-12-10-33/h3-8,13-14,16H,9-12,15H2,1-2H3,(H,29,34)(H2,28,30,31,32). The van der Waals surface area contributed by atoms with E-state index in [9.17, 15) is 13.2 Å². The fraction of sp³-hybridized carbons (Fsp3) is 0.320. The average molecular weight is 580 g/mol. The molecule has 2 heterocycles. The van der Waals surface area contributed by atoms with Crippen LogP contribution in [-0.2, 0) is 19.4 Å². The molecule has 3 aromatic rings. The Labute approximate surface area is 231 Å². The van der Waals surface area contributed by atoms with Crippen LogP contribution in [0.25, 0.3) is 0 Å². The van der Waals surface area contributed by atoms with Crippen molar-refractivity contribution in [2.24, 2.45) is 0 Å². The van der Waals surface area contributed by atoms with Gasteiger partial charge in [0.1, 0.15) is 5.02 Å². The first kappa shape index (κ1) is 28.1. The van der Waals surface area contributed by atoms with E-state index >= 15 is 0 Å². The van der Waals surface area contributed by atoms with Crippen molar-refractivity contribution in [1.82, 2.24) is 14.9 Å². The summed E-state index contributed by atoms with van der Waals surface area (Å²) >= 11 is 12.7. The van der Waals surface area contributed by atoms with Crippen LogP contribution in [0.2, 0.25) is 10.0 Å². The van der Waals surface area contributed by atoms with E-state index in [1.165, 1.54) is 12.3 Å². The predicted octanol–water partition coefficient (Wildman–Crippen LogP) is 4.72. The number of amides is 1. The maximum absolute atomic E-state index is 12.8. The number of benzene rings is 2. The quantitative estimate of drug-likeness (QED) is 0.330. The zero-order valence-electron chi connectivity index (χ0n) is 20.9. The van der Waals surface area contributed by atoms with Gasteiger partial charge in [0, 0.05) is 18.8 Å². The molecule has 1 saturated heterocycles. The summed E-state index contributed by atoms with van der Waals surface area (Å²) in [5.41, 5.74) is 1.36. The van der Waals surface area contributed by atoms with Gasteiger partial charge in [0.05, 0.1) is 52.5 Å². The molecule has 1 aromatic heterocycles. The number of anilines is 5. The maximum Gasteiger partial charge on any atom is 0.238 e. The lowest BCUT2D eigenvalue weighted by Crippen LogP contribution is -2.41. The van der Waals surface area contributed by atoms with Gasteiger partial charge < -0.3 is 20.7 Å². The first-order valence-electron chi connectivity index (χ1n) is 11.9.